The highest BCUT2D eigenvalue weighted by atomic mass is 19.1. The van der Waals surface area contributed by atoms with Crippen molar-refractivity contribution < 1.29 is 9.50 Å². The Bertz CT molecular complexity index is 547. The Labute approximate surface area is 105 Å². The zero-order valence-electron chi connectivity index (χ0n) is 10.0. The van der Waals surface area contributed by atoms with Crippen LogP contribution in [-0.4, -0.2) is 21.5 Å². The fourth-order valence-electron chi connectivity index (χ4n) is 2.64. The molecule has 0 spiro atoms. The molecule has 94 valence electrons. The SMILES string of the molecule is OC[C@H]1CCCc2c1cnn2-c1ccc(F)cc1. The highest BCUT2D eigenvalue weighted by Crippen LogP contribution is 2.32. The van der Waals surface area contributed by atoms with Gasteiger partial charge in [0.1, 0.15) is 5.82 Å². The molecule has 1 N–H and O–H groups in total. The highest BCUT2D eigenvalue weighted by Gasteiger charge is 2.23. The molecule has 1 heterocycles. The number of aliphatic hydroxyl groups is 1. The van der Waals surface area contributed by atoms with Crippen molar-refractivity contribution in [2.24, 2.45) is 0 Å². The second-order valence-electron chi connectivity index (χ2n) is 4.71. The normalized spacial score (nSPS) is 18.7. The van der Waals surface area contributed by atoms with E-state index in [9.17, 15) is 9.50 Å². The van der Waals surface area contributed by atoms with E-state index in [4.69, 9.17) is 0 Å². The Morgan fingerprint density at radius 2 is 2.11 bits per heavy atom. The van der Waals surface area contributed by atoms with Crippen LogP contribution in [-0.2, 0) is 6.42 Å². The van der Waals surface area contributed by atoms with Crippen molar-refractivity contribution in [3.63, 3.8) is 0 Å². The average molecular weight is 246 g/mol. The van der Waals surface area contributed by atoms with Crippen LogP contribution in [0.4, 0.5) is 4.39 Å². The summed E-state index contributed by atoms with van der Waals surface area (Å²) in [7, 11) is 0. The van der Waals surface area contributed by atoms with Crippen molar-refractivity contribution in [3.8, 4) is 5.69 Å². The van der Waals surface area contributed by atoms with Crippen molar-refractivity contribution in [2.45, 2.75) is 25.2 Å². The predicted molar refractivity (Wildman–Crippen MR) is 66.3 cm³/mol. The lowest BCUT2D eigenvalue weighted by molar-refractivity contribution is 0.252. The molecule has 2 aromatic rings. The molecule has 0 saturated heterocycles. The third kappa shape index (κ3) is 1.82. The van der Waals surface area contributed by atoms with Gasteiger partial charge in [-0.2, -0.15) is 5.10 Å². The molecule has 0 saturated carbocycles. The molecule has 3 nitrogen and oxygen atoms in total. The number of rotatable bonds is 2. The molecule has 0 amide bonds. The quantitative estimate of drug-likeness (QED) is 0.883. The molecule has 0 fully saturated rings. The van der Waals surface area contributed by atoms with Crippen LogP contribution in [0.25, 0.3) is 5.69 Å². The molecule has 1 aliphatic rings. The zero-order chi connectivity index (χ0) is 12.5. The molecule has 1 aromatic carbocycles. The lowest BCUT2D eigenvalue weighted by Gasteiger charge is -2.21. The lowest BCUT2D eigenvalue weighted by Crippen LogP contribution is -2.14. The van der Waals surface area contributed by atoms with Gasteiger partial charge in [0.15, 0.2) is 0 Å². The molecule has 1 aromatic heterocycles. The maximum Gasteiger partial charge on any atom is 0.123 e. The topological polar surface area (TPSA) is 38.1 Å². The summed E-state index contributed by atoms with van der Waals surface area (Å²) in [6.07, 6.45) is 4.87. The second kappa shape index (κ2) is 4.53. The highest BCUT2D eigenvalue weighted by molar-refractivity contribution is 5.37. The number of hydrogen-bond acceptors (Lipinski definition) is 2. The fourth-order valence-corrected chi connectivity index (χ4v) is 2.64. The van der Waals surface area contributed by atoms with Gasteiger partial charge in [-0.1, -0.05) is 0 Å². The predicted octanol–water partition coefficient (Wildman–Crippen LogP) is 2.42. The number of nitrogens with zero attached hydrogens (tertiary/aromatic N) is 2. The van der Waals surface area contributed by atoms with Crippen LogP contribution in [0.5, 0.6) is 0 Å². The Hall–Kier alpha value is -1.68. The van der Waals surface area contributed by atoms with Gasteiger partial charge in [-0.25, -0.2) is 9.07 Å². The Morgan fingerprint density at radius 3 is 2.83 bits per heavy atom. The third-order valence-corrected chi connectivity index (χ3v) is 3.60. The van der Waals surface area contributed by atoms with Crippen molar-refractivity contribution in [3.05, 3.63) is 47.5 Å². The van der Waals surface area contributed by atoms with Crippen molar-refractivity contribution in [1.82, 2.24) is 9.78 Å². The van der Waals surface area contributed by atoms with Crippen LogP contribution >= 0.6 is 0 Å². The number of benzene rings is 1. The van der Waals surface area contributed by atoms with Gasteiger partial charge in [0.25, 0.3) is 0 Å². The molecular weight excluding hydrogens is 231 g/mol. The second-order valence-corrected chi connectivity index (χ2v) is 4.71. The minimum Gasteiger partial charge on any atom is -0.396 e. The summed E-state index contributed by atoms with van der Waals surface area (Å²) in [5, 5.41) is 13.7. The van der Waals surface area contributed by atoms with Crippen LogP contribution in [0.15, 0.2) is 30.5 Å². The van der Waals surface area contributed by atoms with E-state index in [0.29, 0.717) is 0 Å². The molecule has 1 atom stereocenters. The fraction of sp³-hybridized carbons (Fsp3) is 0.357. The first kappa shape index (κ1) is 11.4. The van der Waals surface area contributed by atoms with Crippen LogP contribution in [0.1, 0.15) is 30.0 Å². The smallest absolute Gasteiger partial charge is 0.123 e. The minimum absolute atomic E-state index is 0.169. The molecule has 3 rings (SSSR count). The summed E-state index contributed by atoms with van der Waals surface area (Å²) in [6.45, 7) is 0.169. The van der Waals surface area contributed by atoms with Crippen LogP contribution in [0.3, 0.4) is 0 Å². The molecule has 18 heavy (non-hydrogen) atoms. The number of aliphatic hydroxyl groups excluding tert-OH is 1. The standard InChI is InChI=1S/C14H15FN2O/c15-11-4-6-12(7-5-11)17-14-3-1-2-10(9-18)13(14)8-16-17/h4-8,10,18H,1-3,9H2/t10-/m1/s1. The van der Waals surface area contributed by atoms with Gasteiger partial charge < -0.3 is 5.11 Å². The van der Waals surface area contributed by atoms with Gasteiger partial charge in [0.2, 0.25) is 0 Å². The monoisotopic (exact) mass is 246 g/mol. The van der Waals surface area contributed by atoms with E-state index in [2.05, 4.69) is 5.10 Å². The van der Waals surface area contributed by atoms with Gasteiger partial charge in [-0.3, -0.25) is 0 Å². The van der Waals surface area contributed by atoms with E-state index in [1.54, 1.807) is 12.1 Å². The number of fused-ring (bicyclic) bond motifs is 1. The summed E-state index contributed by atoms with van der Waals surface area (Å²) in [6, 6.07) is 6.34. The number of hydrogen-bond donors (Lipinski definition) is 1. The van der Waals surface area contributed by atoms with E-state index in [1.807, 2.05) is 10.9 Å². The zero-order valence-corrected chi connectivity index (χ0v) is 10.0. The maximum absolute atomic E-state index is 12.9. The van der Waals surface area contributed by atoms with Gasteiger partial charge in [-0.05, 0) is 49.1 Å². The lowest BCUT2D eigenvalue weighted by atomic mass is 9.87. The third-order valence-electron chi connectivity index (χ3n) is 3.60. The van der Waals surface area contributed by atoms with Gasteiger partial charge in [0, 0.05) is 11.6 Å². The minimum atomic E-state index is -0.243. The average Bonchev–Trinajstić information content (AvgIpc) is 2.83. The van der Waals surface area contributed by atoms with E-state index in [1.165, 1.54) is 12.1 Å². The van der Waals surface area contributed by atoms with Crippen molar-refractivity contribution in [1.29, 1.82) is 0 Å². The van der Waals surface area contributed by atoms with E-state index < -0.39 is 0 Å². The first-order valence-corrected chi connectivity index (χ1v) is 6.23. The van der Waals surface area contributed by atoms with Crippen LogP contribution in [0.2, 0.25) is 0 Å². The Balaban J connectivity index is 2.04. The van der Waals surface area contributed by atoms with Gasteiger partial charge in [-0.15, -0.1) is 0 Å². The maximum atomic E-state index is 12.9. The number of halogens is 1. The molecule has 1 aliphatic carbocycles. The summed E-state index contributed by atoms with van der Waals surface area (Å²) < 4.78 is 14.8. The molecule has 0 radical (unpaired) electrons. The molecular formula is C14H15FN2O. The van der Waals surface area contributed by atoms with Gasteiger partial charge >= 0.3 is 0 Å². The summed E-state index contributed by atoms with van der Waals surface area (Å²) in [5.74, 6) is -0.0454. The summed E-state index contributed by atoms with van der Waals surface area (Å²) >= 11 is 0. The van der Waals surface area contributed by atoms with E-state index in [-0.39, 0.29) is 18.3 Å². The molecule has 0 unspecified atom stereocenters. The first-order chi connectivity index (χ1) is 8.79. The van der Waals surface area contributed by atoms with Crippen LogP contribution in [0, 0.1) is 5.82 Å². The number of aromatic nitrogens is 2. The van der Waals surface area contributed by atoms with E-state index >= 15 is 0 Å². The van der Waals surface area contributed by atoms with Crippen LogP contribution < -0.4 is 0 Å². The van der Waals surface area contributed by atoms with Crippen molar-refractivity contribution >= 4 is 0 Å². The summed E-state index contributed by atoms with van der Waals surface area (Å²) in [5.41, 5.74) is 3.15. The Morgan fingerprint density at radius 1 is 1.33 bits per heavy atom. The first-order valence-electron chi connectivity index (χ1n) is 6.23. The van der Waals surface area contributed by atoms with Gasteiger partial charge in [0.05, 0.1) is 18.5 Å². The molecule has 4 heteroatoms. The molecule has 0 bridgehead atoms. The Kier molecular flexibility index (Phi) is 2.88. The molecule has 0 aliphatic heterocycles. The largest absolute Gasteiger partial charge is 0.396 e. The van der Waals surface area contributed by atoms with Crippen molar-refractivity contribution in [2.75, 3.05) is 6.61 Å². The van der Waals surface area contributed by atoms with E-state index in [0.717, 1.165) is 36.2 Å². The summed E-state index contributed by atoms with van der Waals surface area (Å²) in [4.78, 5) is 0.